The maximum absolute atomic E-state index is 12.8. The summed E-state index contributed by atoms with van der Waals surface area (Å²) in [4.78, 5) is 23.8. The Balaban J connectivity index is 2.21. The minimum atomic E-state index is -1.04. The summed E-state index contributed by atoms with van der Waals surface area (Å²) in [7, 11) is 1.62. The average molecular weight is 359 g/mol. The number of carboxylic acid groups (broad SMARTS) is 1. The summed E-state index contributed by atoms with van der Waals surface area (Å²) < 4.78 is 10.7. The smallest absolute Gasteiger partial charge is 0.311 e. The summed E-state index contributed by atoms with van der Waals surface area (Å²) in [5, 5.41) is 12.0. The summed E-state index contributed by atoms with van der Waals surface area (Å²) in [6.07, 6.45) is 1.70. The van der Waals surface area contributed by atoms with E-state index in [1.165, 1.54) is 6.26 Å². The van der Waals surface area contributed by atoms with Crippen molar-refractivity contribution in [1.29, 1.82) is 0 Å². The Hall–Kier alpha value is -2.76. The number of nitrogens with one attached hydrogen (secondary N) is 1. The highest BCUT2D eigenvalue weighted by atomic mass is 16.5. The van der Waals surface area contributed by atoms with Crippen molar-refractivity contribution in [3.63, 3.8) is 0 Å². The van der Waals surface area contributed by atoms with E-state index in [4.69, 9.17) is 14.3 Å². The number of para-hydroxylation sites is 1. The van der Waals surface area contributed by atoms with Gasteiger partial charge in [0.05, 0.1) is 18.9 Å². The first-order chi connectivity index (χ1) is 12.3. The van der Waals surface area contributed by atoms with E-state index in [-0.39, 0.29) is 30.0 Å². The molecule has 6 heteroatoms. The largest absolute Gasteiger partial charge is 0.496 e. The second kappa shape index (κ2) is 8.56. The Morgan fingerprint density at radius 2 is 1.96 bits per heavy atom. The van der Waals surface area contributed by atoms with Crippen molar-refractivity contribution in [1.82, 2.24) is 5.32 Å². The molecule has 26 heavy (non-hydrogen) atoms. The van der Waals surface area contributed by atoms with Gasteiger partial charge in [0, 0.05) is 11.6 Å². The van der Waals surface area contributed by atoms with Crippen molar-refractivity contribution in [2.45, 2.75) is 39.7 Å². The number of furan rings is 1. The van der Waals surface area contributed by atoms with Crippen LogP contribution >= 0.6 is 0 Å². The lowest BCUT2D eigenvalue weighted by atomic mass is 9.95. The number of ether oxygens (including phenoxy) is 1. The van der Waals surface area contributed by atoms with Gasteiger partial charge < -0.3 is 19.6 Å². The molecule has 6 nitrogen and oxygen atoms in total. The minimum Gasteiger partial charge on any atom is -0.496 e. The lowest BCUT2D eigenvalue weighted by Gasteiger charge is -2.23. The molecule has 1 aromatic heterocycles. The van der Waals surface area contributed by atoms with E-state index < -0.39 is 5.97 Å². The van der Waals surface area contributed by atoms with Crippen LogP contribution in [0.15, 0.2) is 34.9 Å². The third kappa shape index (κ3) is 4.65. The van der Waals surface area contributed by atoms with Crippen LogP contribution in [0.2, 0.25) is 0 Å². The van der Waals surface area contributed by atoms with Crippen LogP contribution in [-0.2, 0) is 17.6 Å². The Kier molecular flexibility index (Phi) is 6.44. The van der Waals surface area contributed by atoms with Crippen molar-refractivity contribution >= 4 is 11.9 Å². The Labute approximate surface area is 153 Å². The van der Waals surface area contributed by atoms with Crippen LogP contribution in [0.4, 0.5) is 0 Å². The number of amides is 1. The van der Waals surface area contributed by atoms with Gasteiger partial charge in [-0.15, -0.1) is 0 Å². The molecule has 0 aliphatic heterocycles. The molecule has 1 aromatic carbocycles. The molecule has 2 rings (SSSR count). The first kappa shape index (κ1) is 19.6. The molecular formula is C20H25NO5. The molecule has 140 valence electrons. The van der Waals surface area contributed by atoms with Crippen molar-refractivity contribution in [2.75, 3.05) is 7.11 Å². The van der Waals surface area contributed by atoms with Crippen LogP contribution in [0.1, 0.15) is 41.1 Å². The summed E-state index contributed by atoms with van der Waals surface area (Å²) in [5.41, 5.74) is 1.93. The predicted molar refractivity (Wildman–Crippen MR) is 97.6 cm³/mol. The highest BCUT2D eigenvalue weighted by molar-refractivity contribution is 5.97. The van der Waals surface area contributed by atoms with E-state index in [2.05, 4.69) is 5.32 Å². The zero-order chi connectivity index (χ0) is 19.3. The lowest BCUT2D eigenvalue weighted by Crippen LogP contribution is -2.40. The molecule has 0 bridgehead atoms. The molecule has 0 aliphatic carbocycles. The van der Waals surface area contributed by atoms with E-state index >= 15 is 0 Å². The van der Waals surface area contributed by atoms with Gasteiger partial charge in [0.2, 0.25) is 0 Å². The van der Waals surface area contributed by atoms with Crippen LogP contribution < -0.4 is 10.1 Å². The Bertz CT molecular complexity index is 778. The van der Waals surface area contributed by atoms with Gasteiger partial charge in [-0.2, -0.15) is 0 Å². The van der Waals surface area contributed by atoms with Gasteiger partial charge in [0.25, 0.3) is 5.91 Å². The molecule has 0 radical (unpaired) electrons. The number of aliphatic carboxylic acids is 1. The third-order valence-corrected chi connectivity index (χ3v) is 4.34. The van der Waals surface area contributed by atoms with Crippen LogP contribution in [0.5, 0.6) is 5.75 Å². The fraction of sp³-hybridized carbons (Fsp3) is 0.400. The summed E-state index contributed by atoms with van der Waals surface area (Å²) >= 11 is 0. The Morgan fingerprint density at radius 3 is 2.58 bits per heavy atom. The van der Waals surface area contributed by atoms with Crippen LogP contribution in [0, 0.1) is 12.8 Å². The zero-order valence-electron chi connectivity index (χ0n) is 15.5. The number of hydrogen-bond donors (Lipinski definition) is 2. The number of rotatable bonds is 8. The van der Waals surface area contributed by atoms with Gasteiger partial charge in [-0.05, 0) is 30.9 Å². The van der Waals surface area contributed by atoms with Crippen LogP contribution in [0.25, 0.3) is 0 Å². The zero-order valence-corrected chi connectivity index (χ0v) is 15.5. The maximum Gasteiger partial charge on any atom is 0.311 e. The van der Waals surface area contributed by atoms with Gasteiger partial charge in [0.15, 0.2) is 0 Å². The average Bonchev–Trinajstić information content (AvgIpc) is 2.94. The van der Waals surface area contributed by atoms with Gasteiger partial charge in [-0.3, -0.25) is 9.59 Å². The van der Waals surface area contributed by atoms with E-state index in [1.807, 2.05) is 38.1 Å². The van der Waals surface area contributed by atoms with Crippen molar-refractivity contribution in [3.8, 4) is 5.75 Å². The van der Waals surface area contributed by atoms with E-state index in [9.17, 15) is 9.59 Å². The number of hydrogen-bond acceptors (Lipinski definition) is 4. The molecule has 0 aliphatic rings. The number of carbonyl (C=O) groups excluding carboxylic acids is 1. The molecular weight excluding hydrogens is 334 g/mol. The quantitative estimate of drug-likeness (QED) is 0.755. The monoisotopic (exact) mass is 359 g/mol. The normalized spacial score (nSPS) is 12.0. The summed E-state index contributed by atoms with van der Waals surface area (Å²) in [5.74, 6) is -0.228. The summed E-state index contributed by atoms with van der Waals surface area (Å²) in [6, 6.07) is 7.56. The SMILES string of the molecule is COc1ccccc1CC(NC(=O)c1c(C)coc1CC(=O)O)C(C)C. The number of carboxylic acids is 1. The van der Waals surface area contributed by atoms with Gasteiger partial charge in [0.1, 0.15) is 17.9 Å². The number of benzene rings is 1. The third-order valence-electron chi connectivity index (χ3n) is 4.34. The first-order valence-corrected chi connectivity index (χ1v) is 8.55. The number of methoxy groups -OCH3 is 1. The molecule has 2 aromatic rings. The fourth-order valence-electron chi connectivity index (χ4n) is 2.87. The second-order valence-corrected chi connectivity index (χ2v) is 6.63. The topological polar surface area (TPSA) is 88.8 Å². The van der Waals surface area contributed by atoms with E-state index in [1.54, 1.807) is 14.0 Å². The Morgan fingerprint density at radius 1 is 1.27 bits per heavy atom. The standard InChI is InChI=1S/C20H25NO5/c1-12(2)15(9-14-7-5-6-8-16(14)25-4)21-20(24)19-13(3)11-26-17(19)10-18(22)23/h5-8,11-12,15H,9-10H2,1-4H3,(H,21,24)(H,22,23). The number of aryl methyl sites for hydroxylation is 1. The van der Waals surface area contributed by atoms with Gasteiger partial charge in [-0.25, -0.2) is 0 Å². The van der Waals surface area contributed by atoms with Gasteiger partial charge in [-0.1, -0.05) is 32.0 Å². The van der Waals surface area contributed by atoms with Crippen molar-refractivity contribution in [3.05, 3.63) is 53.0 Å². The maximum atomic E-state index is 12.8. The lowest BCUT2D eigenvalue weighted by molar-refractivity contribution is -0.136. The van der Waals surface area contributed by atoms with Crippen LogP contribution in [-0.4, -0.2) is 30.1 Å². The van der Waals surface area contributed by atoms with Gasteiger partial charge >= 0.3 is 5.97 Å². The highest BCUT2D eigenvalue weighted by Gasteiger charge is 2.24. The molecule has 0 saturated heterocycles. The molecule has 0 spiro atoms. The first-order valence-electron chi connectivity index (χ1n) is 8.55. The number of carbonyl (C=O) groups is 2. The van der Waals surface area contributed by atoms with Crippen molar-refractivity contribution < 1.29 is 23.8 Å². The van der Waals surface area contributed by atoms with Crippen molar-refractivity contribution in [2.24, 2.45) is 5.92 Å². The molecule has 1 unspecified atom stereocenters. The molecule has 1 heterocycles. The molecule has 0 saturated carbocycles. The molecule has 2 N–H and O–H groups in total. The summed E-state index contributed by atoms with van der Waals surface area (Å²) in [6.45, 7) is 5.79. The van der Waals surface area contributed by atoms with E-state index in [0.717, 1.165) is 11.3 Å². The fourth-order valence-corrected chi connectivity index (χ4v) is 2.87. The second-order valence-electron chi connectivity index (χ2n) is 6.63. The molecule has 0 fully saturated rings. The molecule has 1 atom stereocenters. The predicted octanol–water partition coefficient (Wildman–Crippen LogP) is 3.22. The molecule has 1 amide bonds. The highest BCUT2D eigenvalue weighted by Crippen LogP contribution is 2.22. The van der Waals surface area contributed by atoms with E-state index in [0.29, 0.717) is 17.5 Å². The van der Waals surface area contributed by atoms with Crippen LogP contribution in [0.3, 0.4) is 0 Å². The minimum absolute atomic E-state index is 0.134.